The van der Waals surface area contributed by atoms with Gasteiger partial charge < -0.3 is 19.9 Å². The number of ether oxygens (including phenoxy) is 2. The highest BCUT2D eigenvalue weighted by molar-refractivity contribution is 5.26. The third-order valence-electron chi connectivity index (χ3n) is 3.28. The van der Waals surface area contributed by atoms with Gasteiger partial charge in [-0.25, -0.2) is 4.68 Å². The zero-order chi connectivity index (χ0) is 16.5. The molecule has 0 aliphatic rings. The zero-order valence-electron chi connectivity index (χ0n) is 13.6. The summed E-state index contributed by atoms with van der Waals surface area (Å²) in [7, 11) is 1.63. The van der Waals surface area contributed by atoms with Crippen LogP contribution in [0.2, 0.25) is 0 Å². The second-order valence-electron chi connectivity index (χ2n) is 5.23. The molecule has 2 aromatic rings. The van der Waals surface area contributed by atoms with Gasteiger partial charge in [-0.15, -0.1) is 5.10 Å². The van der Waals surface area contributed by atoms with Gasteiger partial charge in [0.05, 0.1) is 38.7 Å². The van der Waals surface area contributed by atoms with Crippen molar-refractivity contribution in [3.63, 3.8) is 0 Å². The Kier molecular flexibility index (Phi) is 6.99. The third kappa shape index (κ3) is 5.97. The van der Waals surface area contributed by atoms with Crippen LogP contribution in [0.1, 0.15) is 18.2 Å². The van der Waals surface area contributed by atoms with Crippen LogP contribution in [0.4, 0.5) is 0 Å². The molecule has 23 heavy (non-hydrogen) atoms. The van der Waals surface area contributed by atoms with Gasteiger partial charge in [0.25, 0.3) is 0 Å². The van der Waals surface area contributed by atoms with Gasteiger partial charge >= 0.3 is 0 Å². The van der Waals surface area contributed by atoms with Crippen LogP contribution in [0, 0.1) is 0 Å². The van der Waals surface area contributed by atoms with Gasteiger partial charge in [-0.3, -0.25) is 0 Å². The van der Waals surface area contributed by atoms with Crippen LogP contribution in [-0.2, 0) is 24.4 Å². The number of hydrogen-bond donors (Lipinski definition) is 2. The van der Waals surface area contributed by atoms with Gasteiger partial charge in [-0.2, -0.15) is 0 Å². The predicted octanol–water partition coefficient (Wildman–Crippen LogP) is 0.974. The Morgan fingerprint density at radius 3 is 2.78 bits per heavy atom. The quantitative estimate of drug-likeness (QED) is 0.679. The van der Waals surface area contributed by atoms with Crippen LogP contribution in [0.3, 0.4) is 0 Å². The van der Waals surface area contributed by atoms with Crippen LogP contribution in [0.15, 0.2) is 30.5 Å². The van der Waals surface area contributed by atoms with Crippen molar-refractivity contribution in [3.05, 3.63) is 41.7 Å². The SMILES string of the molecule is CCNCc1cn(CC(O)COCc2ccc(OC)cc2)nn1. The summed E-state index contributed by atoms with van der Waals surface area (Å²) in [6.45, 7) is 4.66. The minimum absolute atomic E-state index is 0.244. The molecule has 0 fully saturated rings. The fourth-order valence-corrected chi connectivity index (χ4v) is 2.07. The van der Waals surface area contributed by atoms with Crippen molar-refractivity contribution in [2.75, 3.05) is 20.3 Å². The van der Waals surface area contributed by atoms with E-state index < -0.39 is 6.10 Å². The number of aliphatic hydroxyl groups is 1. The second-order valence-corrected chi connectivity index (χ2v) is 5.23. The smallest absolute Gasteiger partial charge is 0.118 e. The first-order valence-electron chi connectivity index (χ1n) is 7.69. The molecule has 1 heterocycles. The molecule has 7 heteroatoms. The molecule has 7 nitrogen and oxygen atoms in total. The predicted molar refractivity (Wildman–Crippen MR) is 86.1 cm³/mol. The minimum Gasteiger partial charge on any atom is -0.497 e. The topological polar surface area (TPSA) is 81.4 Å². The number of benzene rings is 1. The summed E-state index contributed by atoms with van der Waals surface area (Å²) in [6, 6.07) is 7.65. The minimum atomic E-state index is -0.623. The van der Waals surface area contributed by atoms with Crippen LogP contribution in [-0.4, -0.2) is 46.5 Å². The van der Waals surface area contributed by atoms with Crippen molar-refractivity contribution in [1.82, 2.24) is 20.3 Å². The van der Waals surface area contributed by atoms with Crippen molar-refractivity contribution in [1.29, 1.82) is 0 Å². The fraction of sp³-hybridized carbons (Fsp3) is 0.500. The molecule has 1 aromatic heterocycles. The second kappa shape index (κ2) is 9.24. The van der Waals surface area contributed by atoms with Gasteiger partial charge in [0, 0.05) is 12.7 Å². The van der Waals surface area contributed by atoms with E-state index >= 15 is 0 Å². The Balaban J connectivity index is 1.69. The Morgan fingerprint density at radius 1 is 1.30 bits per heavy atom. The summed E-state index contributed by atoms with van der Waals surface area (Å²) in [5.74, 6) is 0.813. The standard InChI is InChI=1S/C16H24N4O3/c1-3-17-8-14-9-20(19-18-14)10-15(21)12-23-11-13-4-6-16(22-2)7-5-13/h4-7,9,15,17,21H,3,8,10-12H2,1-2H3. The zero-order valence-corrected chi connectivity index (χ0v) is 13.6. The number of nitrogens with zero attached hydrogens (tertiary/aromatic N) is 3. The van der Waals surface area contributed by atoms with Crippen LogP contribution < -0.4 is 10.1 Å². The van der Waals surface area contributed by atoms with Crippen LogP contribution in [0.5, 0.6) is 5.75 Å². The molecule has 2 rings (SSSR count). The van der Waals surface area contributed by atoms with E-state index in [-0.39, 0.29) is 6.61 Å². The first-order chi connectivity index (χ1) is 11.2. The van der Waals surface area contributed by atoms with Crippen molar-refractivity contribution in [2.24, 2.45) is 0 Å². The normalized spacial score (nSPS) is 12.3. The van der Waals surface area contributed by atoms with E-state index in [1.165, 1.54) is 0 Å². The number of hydrogen-bond acceptors (Lipinski definition) is 6. The van der Waals surface area contributed by atoms with Crippen LogP contribution in [0.25, 0.3) is 0 Å². The highest BCUT2D eigenvalue weighted by Crippen LogP contribution is 2.12. The number of rotatable bonds is 10. The number of aliphatic hydroxyl groups excluding tert-OH is 1. The first-order valence-corrected chi connectivity index (χ1v) is 7.69. The molecule has 0 amide bonds. The summed E-state index contributed by atoms with van der Waals surface area (Å²) in [5.41, 5.74) is 1.89. The van der Waals surface area contributed by atoms with Gasteiger partial charge in [-0.1, -0.05) is 24.3 Å². The number of nitrogens with one attached hydrogen (secondary N) is 1. The molecule has 0 bridgehead atoms. The van der Waals surface area contributed by atoms with E-state index in [1.54, 1.807) is 11.8 Å². The maximum absolute atomic E-state index is 10.00. The molecular weight excluding hydrogens is 296 g/mol. The molecule has 0 aliphatic heterocycles. The average molecular weight is 320 g/mol. The number of aromatic nitrogens is 3. The molecule has 0 radical (unpaired) electrons. The largest absolute Gasteiger partial charge is 0.497 e. The van der Waals surface area contributed by atoms with E-state index in [0.29, 0.717) is 19.7 Å². The molecule has 0 spiro atoms. The monoisotopic (exact) mass is 320 g/mol. The van der Waals surface area contributed by atoms with Gasteiger partial charge in [0.2, 0.25) is 0 Å². The fourth-order valence-electron chi connectivity index (χ4n) is 2.07. The Bertz CT molecular complexity index is 571. The van der Waals surface area contributed by atoms with Crippen LogP contribution >= 0.6 is 0 Å². The van der Waals surface area contributed by atoms with E-state index in [0.717, 1.165) is 23.6 Å². The average Bonchev–Trinajstić information content (AvgIpc) is 3.01. The van der Waals surface area contributed by atoms with E-state index in [1.807, 2.05) is 37.4 Å². The summed E-state index contributed by atoms with van der Waals surface area (Å²) in [6.07, 6.45) is 1.21. The Hall–Kier alpha value is -1.96. The lowest BCUT2D eigenvalue weighted by molar-refractivity contribution is 0.0184. The molecule has 1 aromatic carbocycles. The Morgan fingerprint density at radius 2 is 2.09 bits per heavy atom. The Labute approximate surface area is 136 Å². The highest BCUT2D eigenvalue weighted by Gasteiger charge is 2.08. The summed E-state index contributed by atoms with van der Waals surface area (Å²) >= 11 is 0. The summed E-state index contributed by atoms with van der Waals surface area (Å²) < 4.78 is 12.3. The highest BCUT2D eigenvalue weighted by atomic mass is 16.5. The van der Waals surface area contributed by atoms with Crippen molar-refractivity contribution in [3.8, 4) is 5.75 Å². The van der Waals surface area contributed by atoms with E-state index in [2.05, 4.69) is 15.6 Å². The summed E-state index contributed by atoms with van der Waals surface area (Å²) in [4.78, 5) is 0. The van der Waals surface area contributed by atoms with Crippen molar-refractivity contribution in [2.45, 2.75) is 32.7 Å². The van der Waals surface area contributed by atoms with Crippen molar-refractivity contribution < 1.29 is 14.6 Å². The van der Waals surface area contributed by atoms with E-state index in [4.69, 9.17) is 9.47 Å². The lowest BCUT2D eigenvalue weighted by Gasteiger charge is -2.11. The molecule has 0 saturated carbocycles. The molecule has 0 aliphatic carbocycles. The molecule has 1 atom stereocenters. The molecule has 2 N–H and O–H groups in total. The molecule has 126 valence electrons. The van der Waals surface area contributed by atoms with Gasteiger partial charge in [0.15, 0.2) is 0 Å². The first kappa shape index (κ1) is 17.4. The lowest BCUT2D eigenvalue weighted by atomic mass is 10.2. The molecule has 0 saturated heterocycles. The van der Waals surface area contributed by atoms with Crippen molar-refractivity contribution >= 4 is 0 Å². The van der Waals surface area contributed by atoms with Gasteiger partial charge in [0.1, 0.15) is 5.75 Å². The third-order valence-corrected chi connectivity index (χ3v) is 3.28. The maximum Gasteiger partial charge on any atom is 0.118 e. The molecular formula is C16H24N4O3. The maximum atomic E-state index is 10.00. The summed E-state index contributed by atoms with van der Waals surface area (Å²) in [5, 5.41) is 21.2. The van der Waals surface area contributed by atoms with E-state index in [9.17, 15) is 5.11 Å². The van der Waals surface area contributed by atoms with Gasteiger partial charge in [-0.05, 0) is 24.2 Å². The molecule has 1 unspecified atom stereocenters. The lowest BCUT2D eigenvalue weighted by Crippen LogP contribution is -2.22. The number of methoxy groups -OCH3 is 1.